The molecule has 0 spiro atoms. The molecule has 3 aliphatic rings. The maximum atomic E-state index is 10.8. The number of hydrogen-bond acceptors (Lipinski definition) is 6. The molecule has 3 fully saturated rings. The van der Waals surface area contributed by atoms with Gasteiger partial charge in [0.1, 0.15) is 0 Å². The molecule has 2 aromatic heterocycles. The molecule has 2 bridgehead atoms. The van der Waals surface area contributed by atoms with Crippen LogP contribution in [0.5, 0.6) is 0 Å². The van der Waals surface area contributed by atoms with Crippen LogP contribution in [-0.4, -0.2) is 43.5 Å². The summed E-state index contributed by atoms with van der Waals surface area (Å²) in [4.78, 5) is 11.6. The molecule has 2 saturated carbocycles. The number of piperidine rings is 1. The van der Waals surface area contributed by atoms with Crippen LogP contribution in [0.15, 0.2) is 24.5 Å². The number of nitrogens with one attached hydrogen (secondary N) is 1. The molecule has 2 unspecified atom stereocenters. The van der Waals surface area contributed by atoms with E-state index < -0.39 is 5.60 Å². The normalized spacial score (nSPS) is 27.8. The van der Waals surface area contributed by atoms with Crippen molar-refractivity contribution >= 4 is 39.8 Å². The highest BCUT2D eigenvalue weighted by Crippen LogP contribution is 2.47. The summed E-state index contributed by atoms with van der Waals surface area (Å²) in [5.41, 5.74) is 3.33. The topological polar surface area (TPSA) is 79.1 Å². The lowest BCUT2D eigenvalue weighted by molar-refractivity contribution is -0.0271. The molecule has 0 radical (unpaired) electrons. The van der Waals surface area contributed by atoms with Gasteiger partial charge in [0.2, 0.25) is 5.95 Å². The van der Waals surface area contributed by atoms with Gasteiger partial charge in [-0.15, -0.1) is 0 Å². The summed E-state index contributed by atoms with van der Waals surface area (Å²) in [7, 11) is 0. The zero-order chi connectivity index (χ0) is 21.3. The second-order valence-corrected chi connectivity index (χ2v) is 10.0. The number of halogens is 1. The summed E-state index contributed by atoms with van der Waals surface area (Å²) in [6.07, 6.45) is 8.21. The minimum Gasteiger partial charge on any atom is -0.389 e. The molecule has 3 aromatic rings. The predicted octanol–water partition coefficient (Wildman–Crippen LogP) is 4.46. The van der Waals surface area contributed by atoms with Crippen LogP contribution in [0.4, 0.5) is 17.3 Å². The van der Waals surface area contributed by atoms with Gasteiger partial charge in [-0.3, -0.25) is 4.68 Å². The summed E-state index contributed by atoms with van der Waals surface area (Å²) in [5.74, 6) is 1.12. The summed E-state index contributed by atoms with van der Waals surface area (Å²) in [6, 6.07) is 4.55. The highest BCUT2D eigenvalue weighted by molar-refractivity contribution is 6.34. The Kier molecular flexibility index (Phi) is 4.24. The Morgan fingerprint density at radius 2 is 1.87 bits per heavy atom. The average molecular weight is 439 g/mol. The van der Waals surface area contributed by atoms with Crippen molar-refractivity contribution in [2.75, 3.05) is 23.3 Å². The Morgan fingerprint density at radius 3 is 2.58 bits per heavy atom. The number of rotatable bonds is 4. The minimum atomic E-state index is -0.568. The molecule has 1 aliphatic heterocycles. The van der Waals surface area contributed by atoms with Crippen molar-refractivity contribution < 1.29 is 5.11 Å². The molecule has 2 atom stereocenters. The van der Waals surface area contributed by atoms with E-state index in [2.05, 4.69) is 38.0 Å². The van der Waals surface area contributed by atoms with E-state index >= 15 is 0 Å². The van der Waals surface area contributed by atoms with E-state index in [9.17, 15) is 5.11 Å². The molecule has 7 nitrogen and oxygen atoms in total. The standard InChI is InChI=1S/C23H27ClN6O/c1-13-20(10-26-30(13)17-5-6-17)28-22-25-9-14-7-18(24)21(8-19(14)27-22)29-11-15-3-4-16(12-29)23(15,2)31/h7-10,15-17,31H,3-6,11-12H2,1-2H3,(H,25,27,28). The van der Waals surface area contributed by atoms with Crippen molar-refractivity contribution in [1.82, 2.24) is 19.7 Å². The van der Waals surface area contributed by atoms with Gasteiger partial charge >= 0.3 is 0 Å². The van der Waals surface area contributed by atoms with Gasteiger partial charge in [-0.25, -0.2) is 9.97 Å². The third-order valence-electron chi connectivity index (χ3n) is 7.57. The van der Waals surface area contributed by atoms with Crippen molar-refractivity contribution in [1.29, 1.82) is 0 Å². The maximum Gasteiger partial charge on any atom is 0.227 e. The molecule has 2 N–H and O–H groups in total. The zero-order valence-corrected chi connectivity index (χ0v) is 18.6. The zero-order valence-electron chi connectivity index (χ0n) is 17.8. The summed E-state index contributed by atoms with van der Waals surface area (Å²) in [5, 5.41) is 20.3. The Morgan fingerprint density at radius 1 is 1.13 bits per heavy atom. The van der Waals surface area contributed by atoms with E-state index in [-0.39, 0.29) is 11.8 Å². The van der Waals surface area contributed by atoms with Crippen molar-refractivity contribution in [3.8, 4) is 0 Å². The Bertz CT molecular complexity index is 1150. The third kappa shape index (κ3) is 3.17. The van der Waals surface area contributed by atoms with Crippen LogP contribution in [0, 0.1) is 18.8 Å². The number of fused-ring (bicyclic) bond motifs is 3. The predicted molar refractivity (Wildman–Crippen MR) is 122 cm³/mol. The number of hydrogen-bond donors (Lipinski definition) is 2. The van der Waals surface area contributed by atoms with Crippen LogP contribution in [0.25, 0.3) is 10.9 Å². The van der Waals surface area contributed by atoms with Gasteiger partial charge in [0.15, 0.2) is 0 Å². The van der Waals surface area contributed by atoms with E-state index in [1.54, 1.807) is 0 Å². The van der Waals surface area contributed by atoms with Crippen molar-refractivity contribution in [3.63, 3.8) is 0 Å². The number of nitrogens with zero attached hydrogens (tertiary/aromatic N) is 5. The quantitative estimate of drug-likeness (QED) is 0.625. The smallest absolute Gasteiger partial charge is 0.227 e. The second-order valence-electron chi connectivity index (χ2n) is 9.60. The van der Waals surface area contributed by atoms with Gasteiger partial charge in [-0.05, 0) is 51.7 Å². The van der Waals surface area contributed by atoms with E-state index in [1.807, 2.05) is 25.4 Å². The van der Waals surface area contributed by atoms with Crippen LogP contribution in [-0.2, 0) is 0 Å². The lowest BCUT2D eigenvalue weighted by Gasteiger charge is -2.43. The third-order valence-corrected chi connectivity index (χ3v) is 7.87. The fourth-order valence-electron chi connectivity index (χ4n) is 5.37. The summed E-state index contributed by atoms with van der Waals surface area (Å²) >= 11 is 6.67. The van der Waals surface area contributed by atoms with E-state index in [0.717, 1.165) is 53.9 Å². The van der Waals surface area contributed by atoms with E-state index in [0.29, 0.717) is 17.0 Å². The first-order valence-electron chi connectivity index (χ1n) is 11.1. The molecule has 0 amide bonds. The van der Waals surface area contributed by atoms with Gasteiger partial charge in [0.05, 0.1) is 45.4 Å². The molecule has 1 aromatic carbocycles. The minimum absolute atomic E-state index is 0.284. The van der Waals surface area contributed by atoms with Crippen LogP contribution in [0.1, 0.15) is 44.3 Å². The van der Waals surface area contributed by atoms with Gasteiger partial charge in [0.25, 0.3) is 0 Å². The van der Waals surface area contributed by atoms with E-state index in [1.165, 1.54) is 12.8 Å². The Balaban J connectivity index is 1.30. The van der Waals surface area contributed by atoms with Gasteiger partial charge < -0.3 is 15.3 Å². The highest BCUT2D eigenvalue weighted by Gasteiger charge is 2.49. The molecule has 3 heterocycles. The number of aromatic nitrogens is 4. The fourth-order valence-corrected chi connectivity index (χ4v) is 5.66. The van der Waals surface area contributed by atoms with Crippen molar-refractivity contribution in [3.05, 3.63) is 35.2 Å². The summed E-state index contributed by atoms with van der Waals surface area (Å²) in [6.45, 7) is 5.72. The highest BCUT2D eigenvalue weighted by atomic mass is 35.5. The van der Waals surface area contributed by atoms with Gasteiger partial charge in [0, 0.05) is 36.5 Å². The van der Waals surface area contributed by atoms with Crippen molar-refractivity contribution in [2.24, 2.45) is 11.8 Å². The molecular formula is C23H27ClN6O. The average Bonchev–Trinajstić information content (AvgIpc) is 3.50. The monoisotopic (exact) mass is 438 g/mol. The van der Waals surface area contributed by atoms with Crippen LogP contribution >= 0.6 is 11.6 Å². The largest absolute Gasteiger partial charge is 0.389 e. The first-order valence-corrected chi connectivity index (χ1v) is 11.5. The maximum absolute atomic E-state index is 10.8. The second kappa shape index (κ2) is 6.81. The number of benzene rings is 1. The van der Waals surface area contributed by atoms with Crippen LogP contribution in [0.3, 0.4) is 0 Å². The SMILES string of the molecule is Cc1c(Nc2ncc3cc(Cl)c(N4CC5CCC(C4)C5(C)O)cc3n2)cnn1C1CC1. The van der Waals surface area contributed by atoms with Crippen LogP contribution in [0.2, 0.25) is 5.02 Å². The van der Waals surface area contributed by atoms with E-state index in [4.69, 9.17) is 16.6 Å². The van der Waals surface area contributed by atoms with Crippen molar-refractivity contribution in [2.45, 2.75) is 51.2 Å². The fraction of sp³-hybridized carbons (Fsp3) is 0.522. The number of aliphatic hydroxyl groups is 1. The molecule has 1 saturated heterocycles. The van der Waals surface area contributed by atoms with Gasteiger partial charge in [-0.2, -0.15) is 5.10 Å². The first kappa shape index (κ1) is 19.3. The molecule has 6 rings (SSSR count). The molecule has 8 heteroatoms. The first-order chi connectivity index (χ1) is 14.9. The van der Waals surface area contributed by atoms with Crippen LogP contribution < -0.4 is 10.2 Å². The lowest BCUT2D eigenvalue weighted by Crippen LogP contribution is -2.52. The lowest BCUT2D eigenvalue weighted by atomic mass is 9.82. The Labute approximate surface area is 186 Å². The molecule has 162 valence electrons. The molecule has 2 aliphatic carbocycles. The Hall–Kier alpha value is -2.38. The summed E-state index contributed by atoms with van der Waals surface area (Å²) < 4.78 is 2.08. The number of anilines is 3. The molecular weight excluding hydrogens is 412 g/mol. The van der Waals surface area contributed by atoms with Gasteiger partial charge in [-0.1, -0.05) is 11.6 Å². The molecule has 31 heavy (non-hydrogen) atoms.